The van der Waals surface area contributed by atoms with E-state index in [4.69, 9.17) is 12.2 Å². The van der Waals surface area contributed by atoms with Gasteiger partial charge in [-0.3, -0.25) is 9.97 Å². The van der Waals surface area contributed by atoms with Gasteiger partial charge in [-0.15, -0.1) is 0 Å². The molecular weight excluding hydrogens is 470 g/mol. The van der Waals surface area contributed by atoms with Crippen LogP contribution in [0.15, 0.2) is 89.9 Å². The molecule has 0 aliphatic carbocycles. The summed E-state index contributed by atoms with van der Waals surface area (Å²) in [4.78, 5) is 11.1. The number of pyridine rings is 2. The number of anilines is 1. The fourth-order valence-corrected chi connectivity index (χ4v) is 4.67. The normalized spacial score (nSPS) is 18.3. The monoisotopic (exact) mass is 489 g/mol. The molecule has 1 saturated heterocycles. The van der Waals surface area contributed by atoms with Gasteiger partial charge >= 0.3 is 0 Å². The van der Waals surface area contributed by atoms with E-state index in [-0.39, 0.29) is 12.1 Å². The van der Waals surface area contributed by atoms with Gasteiger partial charge in [0.05, 0.1) is 23.6 Å². The highest BCUT2D eigenvalue weighted by Crippen LogP contribution is 2.42. The summed E-state index contributed by atoms with van der Waals surface area (Å²) in [6.45, 7) is 2.09. The van der Waals surface area contributed by atoms with E-state index in [1.165, 1.54) is 0 Å². The summed E-state index contributed by atoms with van der Waals surface area (Å²) in [5.74, 6) is 0. The predicted molar refractivity (Wildman–Crippen MR) is 130 cm³/mol. The summed E-state index contributed by atoms with van der Waals surface area (Å²) in [5, 5.41) is 4.21. The number of hydrogen-bond donors (Lipinski definition) is 1. The lowest BCUT2D eigenvalue weighted by Gasteiger charge is -2.29. The minimum atomic E-state index is -0.0945. The van der Waals surface area contributed by atoms with Crippen LogP contribution in [-0.4, -0.2) is 19.6 Å². The highest BCUT2D eigenvalue weighted by molar-refractivity contribution is 9.10. The lowest BCUT2D eigenvalue weighted by molar-refractivity contribution is 0.549. The molecule has 0 amide bonds. The molecule has 1 fully saturated rings. The zero-order valence-corrected chi connectivity index (χ0v) is 19.2. The molecule has 2 atom stereocenters. The summed E-state index contributed by atoms with van der Waals surface area (Å²) >= 11 is 9.45. The third kappa shape index (κ3) is 3.64. The van der Waals surface area contributed by atoms with E-state index in [9.17, 15) is 0 Å². The van der Waals surface area contributed by atoms with Gasteiger partial charge in [0, 0.05) is 34.4 Å². The quantitative estimate of drug-likeness (QED) is 0.382. The average Bonchev–Trinajstić information content (AvgIpc) is 3.41. The van der Waals surface area contributed by atoms with E-state index in [0.29, 0.717) is 5.11 Å². The highest BCUT2D eigenvalue weighted by atomic mass is 79.9. The number of rotatable bonds is 4. The Bertz CT molecular complexity index is 1230. The van der Waals surface area contributed by atoms with Crippen LogP contribution in [0.4, 0.5) is 5.69 Å². The highest BCUT2D eigenvalue weighted by Gasteiger charge is 2.42. The van der Waals surface area contributed by atoms with Gasteiger partial charge in [0.25, 0.3) is 0 Å². The first-order valence-electron chi connectivity index (χ1n) is 9.98. The lowest BCUT2D eigenvalue weighted by atomic mass is 10.0. The molecule has 0 saturated carbocycles. The molecule has 31 heavy (non-hydrogen) atoms. The van der Waals surface area contributed by atoms with Crippen LogP contribution < -0.4 is 10.2 Å². The van der Waals surface area contributed by atoms with Crippen LogP contribution in [0, 0.1) is 6.92 Å². The first-order valence-corrected chi connectivity index (χ1v) is 11.2. The third-order valence-electron chi connectivity index (χ3n) is 5.53. The van der Waals surface area contributed by atoms with Crippen molar-refractivity contribution in [3.8, 4) is 5.69 Å². The van der Waals surface area contributed by atoms with Crippen LogP contribution in [0.1, 0.15) is 29.0 Å². The summed E-state index contributed by atoms with van der Waals surface area (Å²) in [7, 11) is 0. The molecule has 4 aromatic rings. The maximum Gasteiger partial charge on any atom is 0.174 e. The molecule has 1 N–H and O–H groups in total. The Morgan fingerprint density at radius 1 is 1.00 bits per heavy atom. The minimum Gasteiger partial charge on any atom is -0.351 e. The molecule has 1 aliphatic rings. The van der Waals surface area contributed by atoms with E-state index < -0.39 is 0 Å². The van der Waals surface area contributed by atoms with Crippen molar-refractivity contribution >= 4 is 38.9 Å². The van der Waals surface area contributed by atoms with Gasteiger partial charge in [-0.05, 0) is 79.3 Å². The number of thiocarbonyl (C=S) groups is 1. The van der Waals surface area contributed by atoms with Gasteiger partial charge in [-0.1, -0.05) is 22.0 Å². The maximum absolute atomic E-state index is 5.84. The molecule has 154 valence electrons. The van der Waals surface area contributed by atoms with Crippen molar-refractivity contribution in [2.24, 2.45) is 0 Å². The van der Waals surface area contributed by atoms with Gasteiger partial charge in [-0.2, -0.15) is 0 Å². The summed E-state index contributed by atoms with van der Waals surface area (Å²) in [5.41, 5.74) is 5.26. The summed E-state index contributed by atoms with van der Waals surface area (Å²) in [6, 6.07) is 20.3. The number of hydrogen-bond acceptors (Lipinski definition) is 3. The fourth-order valence-electron chi connectivity index (χ4n) is 4.08. The van der Waals surface area contributed by atoms with E-state index in [0.717, 1.165) is 32.8 Å². The van der Waals surface area contributed by atoms with E-state index in [1.54, 1.807) is 6.20 Å². The number of aromatic nitrogens is 3. The number of benzene rings is 1. The molecule has 4 heterocycles. The Hall–Kier alpha value is -3.03. The first kappa shape index (κ1) is 19.9. The van der Waals surface area contributed by atoms with Crippen molar-refractivity contribution < 1.29 is 0 Å². The predicted octanol–water partition coefficient (Wildman–Crippen LogP) is 5.52. The smallest absolute Gasteiger partial charge is 0.174 e. The van der Waals surface area contributed by atoms with Crippen LogP contribution in [0.2, 0.25) is 0 Å². The Morgan fingerprint density at radius 3 is 2.65 bits per heavy atom. The van der Waals surface area contributed by atoms with Crippen LogP contribution in [0.3, 0.4) is 0 Å². The Kier molecular flexibility index (Phi) is 5.29. The first-order chi connectivity index (χ1) is 15.1. The Morgan fingerprint density at radius 2 is 1.90 bits per heavy atom. The summed E-state index contributed by atoms with van der Waals surface area (Å²) in [6.07, 6.45) is 7.54. The number of nitrogens with one attached hydrogen (secondary N) is 1. The van der Waals surface area contributed by atoms with Gasteiger partial charge in [-0.25, -0.2) is 0 Å². The Balaban J connectivity index is 1.68. The van der Waals surface area contributed by atoms with Crippen LogP contribution in [0.25, 0.3) is 5.69 Å². The second kappa shape index (κ2) is 8.24. The molecular formula is C24H20BrN5S. The van der Waals surface area contributed by atoms with Crippen molar-refractivity contribution in [1.82, 2.24) is 19.9 Å². The van der Waals surface area contributed by atoms with E-state index in [1.807, 2.05) is 36.7 Å². The third-order valence-corrected chi connectivity index (χ3v) is 6.73. The van der Waals surface area contributed by atoms with Gasteiger partial charge in [0.2, 0.25) is 0 Å². The molecule has 3 aromatic heterocycles. The van der Waals surface area contributed by atoms with Crippen LogP contribution >= 0.6 is 28.1 Å². The maximum atomic E-state index is 5.84. The van der Waals surface area contributed by atoms with Crippen molar-refractivity contribution in [2.45, 2.75) is 19.0 Å². The Labute approximate surface area is 194 Å². The van der Waals surface area contributed by atoms with E-state index in [2.05, 4.69) is 90.2 Å². The largest absolute Gasteiger partial charge is 0.351 e. The van der Waals surface area contributed by atoms with Gasteiger partial charge < -0.3 is 14.8 Å². The minimum absolute atomic E-state index is 0.0850. The zero-order valence-electron chi connectivity index (χ0n) is 16.8. The molecule has 5 nitrogen and oxygen atoms in total. The van der Waals surface area contributed by atoms with Gasteiger partial charge in [0.1, 0.15) is 6.04 Å². The molecule has 1 aliphatic heterocycles. The standard InChI is InChI=1S/C24H20BrN5S/c1-16-14-17(9-10-19(16)25)30-23(22(28-24(30)31)20-7-2-3-12-27-20)21-8-5-13-29(21)18-6-4-11-26-15-18/h2-15,22-23H,1H3,(H,28,31)/t22-,23-/m1/s1. The van der Waals surface area contributed by atoms with Gasteiger partial charge in [0.15, 0.2) is 5.11 Å². The fraction of sp³-hybridized carbons (Fsp3) is 0.125. The van der Waals surface area contributed by atoms with Crippen molar-refractivity contribution in [3.05, 3.63) is 107 Å². The molecule has 0 unspecified atom stereocenters. The molecule has 0 radical (unpaired) electrons. The average molecular weight is 490 g/mol. The van der Waals surface area contributed by atoms with Crippen LogP contribution in [0.5, 0.6) is 0 Å². The second-order valence-electron chi connectivity index (χ2n) is 7.44. The van der Waals surface area contributed by atoms with E-state index >= 15 is 0 Å². The lowest BCUT2D eigenvalue weighted by Crippen LogP contribution is -2.30. The van der Waals surface area contributed by atoms with Crippen molar-refractivity contribution in [1.29, 1.82) is 0 Å². The number of halogens is 1. The van der Waals surface area contributed by atoms with Crippen molar-refractivity contribution in [2.75, 3.05) is 4.90 Å². The second-order valence-corrected chi connectivity index (χ2v) is 8.69. The number of nitrogens with zero attached hydrogens (tertiary/aromatic N) is 4. The topological polar surface area (TPSA) is 46.0 Å². The SMILES string of the molecule is Cc1cc(N2C(=S)N[C@H](c3ccccn3)[C@H]2c2cccn2-c2cccnc2)ccc1Br. The number of aryl methyl sites for hydroxylation is 1. The van der Waals surface area contributed by atoms with Crippen LogP contribution in [-0.2, 0) is 0 Å². The van der Waals surface area contributed by atoms with Crippen molar-refractivity contribution in [3.63, 3.8) is 0 Å². The molecule has 0 spiro atoms. The molecule has 1 aromatic carbocycles. The molecule has 0 bridgehead atoms. The molecule has 7 heteroatoms. The molecule has 5 rings (SSSR count). The zero-order chi connectivity index (χ0) is 21.4. The summed E-state index contributed by atoms with van der Waals surface area (Å²) < 4.78 is 3.24.